The number of nitrogens with one attached hydrogen (secondary N) is 4. The van der Waals surface area contributed by atoms with Crippen molar-refractivity contribution < 1.29 is 28.6 Å². The molecule has 0 heterocycles. The van der Waals surface area contributed by atoms with Gasteiger partial charge >= 0.3 is 18.2 Å². The second kappa shape index (κ2) is 18.9. The number of alkyl carbamates (subject to hydrolysis) is 2. The van der Waals surface area contributed by atoms with Crippen LogP contribution >= 0.6 is 0 Å². The van der Waals surface area contributed by atoms with Gasteiger partial charge in [-0.1, -0.05) is 82.7 Å². The van der Waals surface area contributed by atoms with Gasteiger partial charge in [0.05, 0.1) is 25.0 Å². The fraction of sp³-hybridized carbons (Fsp3) is 0.575. The number of hydrogen-bond donors (Lipinski definition) is 4. The number of carbonyl (C=O) groups excluding carboxylic acids is 3. The molecule has 0 aliphatic heterocycles. The van der Waals surface area contributed by atoms with Crippen LogP contribution in [-0.2, 0) is 27.3 Å². The second-order valence-corrected chi connectivity index (χ2v) is 14.9. The summed E-state index contributed by atoms with van der Waals surface area (Å²) in [5, 5.41) is 17.2. The van der Waals surface area contributed by atoms with Crippen LogP contribution in [-0.4, -0.2) is 48.8 Å². The van der Waals surface area contributed by atoms with Crippen LogP contribution in [0.5, 0.6) is 0 Å². The van der Waals surface area contributed by atoms with Crippen LogP contribution < -0.4 is 21.3 Å². The Balaban J connectivity index is 2.05. The average molecular weight is 693 g/mol. The average Bonchev–Trinajstić information content (AvgIpc) is 3.03. The molecular formula is C40H60N4O6. The zero-order valence-corrected chi connectivity index (χ0v) is 31.7. The lowest BCUT2D eigenvalue weighted by Crippen LogP contribution is -2.47. The Morgan fingerprint density at radius 2 is 1.08 bits per heavy atom. The van der Waals surface area contributed by atoms with E-state index < -0.39 is 29.4 Å². The van der Waals surface area contributed by atoms with Gasteiger partial charge in [0.15, 0.2) is 0 Å². The summed E-state index contributed by atoms with van der Waals surface area (Å²) in [7, 11) is 1.38. The Morgan fingerprint density at radius 1 is 0.640 bits per heavy atom. The van der Waals surface area contributed by atoms with Crippen molar-refractivity contribution in [2.45, 2.75) is 143 Å². The largest absolute Gasteiger partial charge is 0.465 e. The standard InChI is InChI=1S/C40H60N4O6/c1-10-12-14-20-34(43-37(46)49-39(3,4)5)41-25-32-28-18-16-17-19-29(28)33(31-24-27(36(45)48-9)22-23-30(31)32)26-42-35(21-15-13-11-2)44-38(47)50-40(6,7)8/h16-19,22-24,34-35,41-42H,10-15,20-21,25-26H2,1-9H3,(H,43,46)(H,44,47). The number of unbranched alkanes of at least 4 members (excludes halogenated alkanes) is 4. The molecule has 0 aliphatic rings. The molecule has 2 unspecified atom stereocenters. The summed E-state index contributed by atoms with van der Waals surface area (Å²) < 4.78 is 16.3. The van der Waals surface area contributed by atoms with Crippen molar-refractivity contribution in [2.24, 2.45) is 0 Å². The van der Waals surface area contributed by atoms with E-state index in [1.165, 1.54) is 7.11 Å². The van der Waals surface area contributed by atoms with Gasteiger partial charge in [0.25, 0.3) is 0 Å². The molecule has 3 rings (SSSR count). The van der Waals surface area contributed by atoms with Gasteiger partial charge in [0.1, 0.15) is 11.2 Å². The monoisotopic (exact) mass is 692 g/mol. The number of hydrogen-bond acceptors (Lipinski definition) is 8. The maximum absolute atomic E-state index is 12.8. The first-order chi connectivity index (χ1) is 23.7. The lowest BCUT2D eigenvalue weighted by molar-refractivity contribution is 0.0478. The van der Waals surface area contributed by atoms with Crippen LogP contribution in [0.1, 0.15) is 128 Å². The zero-order chi connectivity index (χ0) is 36.9. The number of esters is 1. The first-order valence-electron chi connectivity index (χ1n) is 18.2. The van der Waals surface area contributed by atoms with E-state index in [0.29, 0.717) is 18.7 Å². The summed E-state index contributed by atoms with van der Waals surface area (Å²) in [5.74, 6) is -0.416. The molecule has 2 amide bonds. The van der Waals surface area contributed by atoms with Crippen LogP contribution in [0.2, 0.25) is 0 Å². The maximum atomic E-state index is 12.8. The van der Waals surface area contributed by atoms with E-state index in [1.807, 2.05) is 65.8 Å². The molecule has 3 aromatic carbocycles. The van der Waals surface area contributed by atoms with Crippen LogP contribution in [0.3, 0.4) is 0 Å². The topological polar surface area (TPSA) is 127 Å². The van der Waals surface area contributed by atoms with Gasteiger partial charge in [-0.25, -0.2) is 14.4 Å². The van der Waals surface area contributed by atoms with Crippen LogP contribution in [0, 0.1) is 0 Å². The van der Waals surface area contributed by atoms with Gasteiger partial charge in [-0.15, -0.1) is 0 Å². The molecule has 3 aromatic rings. The molecule has 10 nitrogen and oxygen atoms in total. The molecule has 2 atom stereocenters. The summed E-state index contributed by atoms with van der Waals surface area (Å²) >= 11 is 0. The molecule has 0 radical (unpaired) electrons. The zero-order valence-electron chi connectivity index (χ0n) is 31.7. The van der Waals surface area contributed by atoms with E-state index in [4.69, 9.17) is 14.2 Å². The number of fused-ring (bicyclic) bond motifs is 2. The van der Waals surface area contributed by atoms with Crippen LogP contribution in [0.25, 0.3) is 21.5 Å². The summed E-state index contributed by atoms with van der Waals surface area (Å²) in [5.41, 5.74) is 1.28. The van der Waals surface area contributed by atoms with Crippen molar-refractivity contribution >= 4 is 39.7 Å². The van der Waals surface area contributed by atoms with E-state index in [-0.39, 0.29) is 12.3 Å². The van der Waals surface area contributed by atoms with Gasteiger partial charge in [-0.05, 0) is 99.2 Å². The summed E-state index contributed by atoms with van der Waals surface area (Å²) in [6, 6.07) is 13.9. The van der Waals surface area contributed by atoms with Gasteiger partial charge < -0.3 is 24.8 Å². The van der Waals surface area contributed by atoms with E-state index in [1.54, 1.807) is 6.07 Å². The molecule has 0 spiro atoms. The molecule has 276 valence electrons. The van der Waals surface area contributed by atoms with E-state index >= 15 is 0 Å². The van der Waals surface area contributed by atoms with Crippen molar-refractivity contribution in [3.8, 4) is 0 Å². The summed E-state index contributed by atoms with van der Waals surface area (Å²) in [6.45, 7) is 16.3. The van der Waals surface area contributed by atoms with Gasteiger partial charge in [-0.3, -0.25) is 10.6 Å². The van der Waals surface area contributed by atoms with E-state index in [0.717, 1.165) is 84.0 Å². The third-order valence-corrected chi connectivity index (χ3v) is 8.29. The first-order valence-corrected chi connectivity index (χ1v) is 18.2. The number of carbonyl (C=O) groups is 3. The van der Waals surface area contributed by atoms with Gasteiger partial charge in [0.2, 0.25) is 0 Å². The Kier molecular flexibility index (Phi) is 15.3. The predicted molar refractivity (Wildman–Crippen MR) is 201 cm³/mol. The fourth-order valence-corrected chi connectivity index (χ4v) is 5.98. The second-order valence-electron chi connectivity index (χ2n) is 14.9. The number of rotatable bonds is 17. The van der Waals surface area contributed by atoms with Crippen molar-refractivity contribution in [3.63, 3.8) is 0 Å². The minimum atomic E-state index is -0.615. The number of ether oxygens (including phenoxy) is 3. The SMILES string of the molecule is CCCCCC(NCc1c2ccccc2c(CNC(CCCCC)NC(=O)OC(C)(C)C)c2cc(C(=O)OC)ccc12)NC(=O)OC(C)(C)C. The molecule has 0 saturated heterocycles. The summed E-state index contributed by atoms with van der Waals surface area (Å²) in [6.07, 6.45) is 6.07. The highest BCUT2D eigenvalue weighted by Crippen LogP contribution is 2.34. The van der Waals surface area contributed by atoms with Crippen molar-refractivity contribution in [1.29, 1.82) is 0 Å². The normalized spacial score (nSPS) is 13.1. The molecule has 0 aliphatic carbocycles. The van der Waals surface area contributed by atoms with Crippen LogP contribution in [0.4, 0.5) is 9.59 Å². The smallest absolute Gasteiger partial charge is 0.408 e. The van der Waals surface area contributed by atoms with Gasteiger partial charge in [0, 0.05) is 13.1 Å². The third-order valence-electron chi connectivity index (χ3n) is 8.29. The molecule has 0 bridgehead atoms. The molecular weight excluding hydrogens is 632 g/mol. The molecule has 0 aromatic heterocycles. The Hall–Kier alpha value is -3.89. The highest BCUT2D eigenvalue weighted by Gasteiger charge is 2.23. The predicted octanol–water partition coefficient (Wildman–Crippen LogP) is 8.82. The molecule has 50 heavy (non-hydrogen) atoms. The van der Waals surface area contributed by atoms with Crippen molar-refractivity contribution in [3.05, 3.63) is 59.2 Å². The minimum absolute atomic E-state index is 0.302. The van der Waals surface area contributed by atoms with Crippen molar-refractivity contribution in [2.75, 3.05) is 7.11 Å². The highest BCUT2D eigenvalue weighted by molar-refractivity contribution is 6.07. The number of amides is 2. The molecule has 4 N–H and O–H groups in total. The Morgan fingerprint density at radius 3 is 1.50 bits per heavy atom. The lowest BCUT2D eigenvalue weighted by Gasteiger charge is -2.26. The van der Waals surface area contributed by atoms with E-state index in [2.05, 4.69) is 47.2 Å². The lowest BCUT2D eigenvalue weighted by atomic mass is 9.90. The molecule has 10 heteroatoms. The van der Waals surface area contributed by atoms with Gasteiger partial charge in [-0.2, -0.15) is 0 Å². The quantitative estimate of drug-likeness (QED) is 0.0364. The first kappa shape index (κ1) is 40.5. The Labute approximate surface area is 298 Å². The maximum Gasteiger partial charge on any atom is 0.408 e. The Bertz CT molecular complexity index is 1580. The number of benzene rings is 3. The number of methoxy groups -OCH3 is 1. The van der Waals surface area contributed by atoms with E-state index in [9.17, 15) is 14.4 Å². The highest BCUT2D eigenvalue weighted by atomic mass is 16.6. The van der Waals surface area contributed by atoms with Crippen LogP contribution in [0.15, 0.2) is 42.5 Å². The van der Waals surface area contributed by atoms with Crippen molar-refractivity contribution in [1.82, 2.24) is 21.3 Å². The molecule has 0 fully saturated rings. The minimum Gasteiger partial charge on any atom is -0.465 e. The summed E-state index contributed by atoms with van der Waals surface area (Å²) in [4.78, 5) is 38.4. The third kappa shape index (κ3) is 12.8. The fourth-order valence-electron chi connectivity index (χ4n) is 5.98. The molecule has 0 saturated carbocycles.